The number of amides is 1. The first-order valence-corrected chi connectivity index (χ1v) is 18.2. The van der Waals surface area contributed by atoms with Gasteiger partial charge >= 0.3 is 5.91 Å². The Kier molecular flexibility index (Phi) is 9.75. The van der Waals surface area contributed by atoms with Gasteiger partial charge in [0.25, 0.3) is 5.78 Å². The van der Waals surface area contributed by atoms with E-state index in [2.05, 4.69) is 10.2 Å². The molecule has 10 nitrogen and oxygen atoms in total. The number of hydrogen-bond acceptors (Lipinski definition) is 10. The molecule has 1 saturated heterocycles. The van der Waals surface area contributed by atoms with Gasteiger partial charge in [0.05, 0.1) is 24.4 Å². The van der Waals surface area contributed by atoms with Crippen LogP contribution in [0.3, 0.4) is 0 Å². The highest BCUT2D eigenvalue weighted by atomic mass is 35.5. The fourth-order valence-corrected chi connectivity index (χ4v) is 8.29. The zero-order valence-corrected chi connectivity index (χ0v) is 30.6. The van der Waals surface area contributed by atoms with Crippen LogP contribution in [-0.2, 0) is 21.9 Å². The molecule has 1 fully saturated rings. The van der Waals surface area contributed by atoms with Crippen LogP contribution in [0.15, 0.2) is 95.0 Å². The van der Waals surface area contributed by atoms with Crippen LogP contribution in [0, 0.1) is 13.8 Å². The Hall–Kier alpha value is -4.88. The van der Waals surface area contributed by atoms with Crippen molar-refractivity contribution in [2.45, 2.75) is 36.6 Å². The largest absolute Gasteiger partial charge is 0.505 e. The zero-order chi connectivity index (χ0) is 35.8. The predicted octanol–water partition coefficient (Wildman–Crippen LogP) is 8.62. The van der Waals surface area contributed by atoms with E-state index in [0.29, 0.717) is 55.1 Å². The smallest absolute Gasteiger partial charge is 0.301 e. The number of rotatable bonds is 10. The van der Waals surface area contributed by atoms with E-state index in [4.69, 9.17) is 37.7 Å². The van der Waals surface area contributed by atoms with Gasteiger partial charge in [-0.25, -0.2) is 4.98 Å². The van der Waals surface area contributed by atoms with E-state index in [1.54, 1.807) is 37.3 Å². The van der Waals surface area contributed by atoms with E-state index in [9.17, 15) is 14.7 Å². The summed E-state index contributed by atoms with van der Waals surface area (Å²) in [5.74, 6) is -0.837. The molecule has 0 bridgehead atoms. The molecule has 1 aliphatic rings. The molecule has 1 aliphatic heterocycles. The summed E-state index contributed by atoms with van der Waals surface area (Å²) in [6.45, 7) is 4.00. The highest BCUT2D eigenvalue weighted by Crippen LogP contribution is 2.46. The molecule has 6 aromatic rings. The van der Waals surface area contributed by atoms with E-state index >= 15 is 0 Å². The third-order valence-electron chi connectivity index (χ3n) is 8.46. The number of aryl methyl sites for hydroxylation is 2. The molecule has 1 amide bonds. The maximum atomic E-state index is 14.0. The maximum Gasteiger partial charge on any atom is 0.301 e. The molecule has 1 N–H and O–H groups in total. The number of halogens is 2. The van der Waals surface area contributed by atoms with E-state index in [1.165, 1.54) is 23.8 Å². The molecule has 0 saturated carbocycles. The van der Waals surface area contributed by atoms with Crippen molar-refractivity contribution in [2.24, 2.45) is 0 Å². The zero-order valence-electron chi connectivity index (χ0n) is 27.5. The number of methoxy groups -OCH3 is 1. The van der Waals surface area contributed by atoms with Crippen molar-refractivity contribution in [2.75, 3.05) is 12.0 Å². The van der Waals surface area contributed by atoms with Gasteiger partial charge in [0, 0.05) is 22.0 Å². The molecule has 1 atom stereocenters. The minimum atomic E-state index is -1.09. The van der Waals surface area contributed by atoms with Crippen LogP contribution in [-0.4, -0.2) is 43.5 Å². The molecular formula is C37H29Cl2N5O5S2. The number of fused-ring (bicyclic) bond motifs is 1. The molecular weight excluding hydrogens is 729 g/mol. The van der Waals surface area contributed by atoms with Gasteiger partial charge in [0.2, 0.25) is 5.13 Å². The summed E-state index contributed by atoms with van der Waals surface area (Å²) in [5.41, 5.74) is 4.46. The van der Waals surface area contributed by atoms with Gasteiger partial charge in [-0.2, -0.15) is 0 Å². The minimum absolute atomic E-state index is 0.137. The van der Waals surface area contributed by atoms with Gasteiger partial charge in [-0.15, -0.1) is 10.2 Å². The van der Waals surface area contributed by atoms with Gasteiger partial charge < -0.3 is 19.0 Å². The van der Waals surface area contributed by atoms with Crippen LogP contribution in [0.1, 0.15) is 39.7 Å². The number of ketones is 1. The second-order valence-electron chi connectivity index (χ2n) is 11.7. The van der Waals surface area contributed by atoms with Crippen LogP contribution < -0.4 is 14.4 Å². The molecule has 51 heavy (non-hydrogen) atoms. The number of aliphatic hydroxyl groups excluding tert-OH is 1. The highest BCUT2D eigenvalue weighted by Gasteiger charge is 2.49. The molecule has 3 aromatic carbocycles. The van der Waals surface area contributed by atoms with Crippen LogP contribution >= 0.6 is 46.3 Å². The second kappa shape index (κ2) is 14.4. The summed E-state index contributed by atoms with van der Waals surface area (Å²) >= 11 is 15.0. The lowest BCUT2D eigenvalue weighted by molar-refractivity contribution is -0.132. The molecule has 14 heteroatoms. The van der Waals surface area contributed by atoms with Crippen molar-refractivity contribution >= 4 is 74.5 Å². The highest BCUT2D eigenvalue weighted by molar-refractivity contribution is 8.00. The van der Waals surface area contributed by atoms with Crippen molar-refractivity contribution in [3.63, 3.8) is 0 Å². The summed E-state index contributed by atoms with van der Waals surface area (Å²) in [6.07, 6.45) is 1.83. The van der Waals surface area contributed by atoms with Gasteiger partial charge in [-0.05, 0) is 66.4 Å². The van der Waals surface area contributed by atoms with Crippen LogP contribution in [0.2, 0.25) is 10.0 Å². The molecule has 1 unspecified atom stereocenters. The fourth-order valence-electron chi connectivity index (χ4n) is 5.86. The lowest BCUT2D eigenvalue weighted by Gasteiger charge is -2.23. The second-order valence-corrected chi connectivity index (χ2v) is 14.7. The van der Waals surface area contributed by atoms with E-state index < -0.39 is 23.5 Å². The number of anilines is 1. The first kappa shape index (κ1) is 34.6. The summed E-state index contributed by atoms with van der Waals surface area (Å²) in [5, 5.41) is 21.8. The molecule has 7 rings (SSSR count). The van der Waals surface area contributed by atoms with Crippen molar-refractivity contribution in [1.82, 2.24) is 19.6 Å². The molecule has 3 aromatic heterocycles. The Balaban J connectivity index is 1.30. The van der Waals surface area contributed by atoms with Gasteiger partial charge in [-0.3, -0.25) is 14.5 Å². The number of nitrogens with zero attached hydrogens (tertiary/aromatic N) is 5. The Labute approximate surface area is 311 Å². The summed E-state index contributed by atoms with van der Waals surface area (Å²) in [7, 11) is 1.51. The number of ether oxygens (including phenoxy) is 2. The monoisotopic (exact) mass is 757 g/mol. The van der Waals surface area contributed by atoms with Crippen LogP contribution in [0.5, 0.6) is 11.5 Å². The van der Waals surface area contributed by atoms with Crippen molar-refractivity contribution in [3.05, 3.63) is 134 Å². The topological polar surface area (TPSA) is 119 Å². The van der Waals surface area contributed by atoms with Crippen LogP contribution in [0.25, 0.3) is 11.4 Å². The Morgan fingerprint density at radius 3 is 2.53 bits per heavy atom. The van der Waals surface area contributed by atoms with Crippen molar-refractivity contribution < 1.29 is 24.2 Å². The number of pyridine rings is 1. The predicted molar refractivity (Wildman–Crippen MR) is 199 cm³/mol. The Bertz CT molecular complexity index is 2340. The normalized spacial score (nSPS) is 15.5. The number of hydrogen-bond donors (Lipinski definition) is 1. The molecule has 0 radical (unpaired) electrons. The minimum Gasteiger partial charge on any atom is -0.505 e. The fraction of sp³-hybridized carbons (Fsp3) is 0.162. The number of thioether (sulfide) groups is 1. The summed E-state index contributed by atoms with van der Waals surface area (Å²) < 4.78 is 14.2. The maximum absolute atomic E-state index is 14.0. The molecule has 258 valence electrons. The number of carbonyl (C=O) groups excluding carboxylic acids is 2. The number of aromatic nitrogens is 4. The Morgan fingerprint density at radius 1 is 0.980 bits per heavy atom. The third-order valence-corrected chi connectivity index (χ3v) is 11.2. The van der Waals surface area contributed by atoms with Crippen molar-refractivity contribution in [3.8, 4) is 11.5 Å². The third kappa shape index (κ3) is 6.67. The molecule has 4 heterocycles. The van der Waals surface area contributed by atoms with Crippen LogP contribution in [0.4, 0.5) is 5.13 Å². The SMILES string of the molecule is COc1cc(C2C(=C(O)c3nc4c(C)cccn4c3C)C(=O)C(=O)N2c2nnc(SCc3ccc(Cl)cc3Cl)s2)ccc1OCc1ccccc1. The van der Waals surface area contributed by atoms with Crippen molar-refractivity contribution in [1.29, 1.82) is 0 Å². The Morgan fingerprint density at radius 2 is 1.78 bits per heavy atom. The van der Waals surface area contributed by atoms with E-state index in [1.807, 2.05) is 66.1 Å². The lowest BCUT2D eigenvalue weighted by Crippen LogP contribution is -2.29. The number of carbonyl (C=O) groups is 2. The quantitative estimate of drug-likeness (QED) is 0.0482. The number of Topliss-reactive ketones (excluding diaryl/α,β-unsaturated/α-hetero) is 1. The standard InChI is InChI=1S/C37H29Cl2N5O5S2/c1-20-8-7-15-43-21(2)30(40-34(20)43)32(45)29-31(23-12-14-27(28(16-23)48-3)49-18-22-9-5-4-6-10-22)44(35(47)33(29)46)36-41-42-37(51-36)50-19-24-11-13-25(38)17-26(24)39/h4-17,31,45H,18-19H2,1-3H3. The first-order chi connectivity index (χ1) is 24.6. The average molecular weight is 759 g/mol. The van der Waals surface area contributed by atoms with Gasteiger partial charge in [0.1, 0.15) is 17.9 Å². The number of aliphatic hydroxyl groups is 1. The van der Waals surface area contributed by atoms with Gasteiger partial charge in [0.15, 0.2) is 21.6 Å². The first-order valence-electron chi connectivity index (χ1n) is 15.6. The number of imidazole rings is 1. The van der Waals surface area contributed by atoms with E-state index in [0.717, 1.165) is 28.0 Å². The van der Waals surface area contributed by atoms with Gasteiger partial charge in [-0.1, -0.05) is 94.8 Å². The molecule has 0 aliphatic carbocycles. The van der Waals surface area contributed by atoms with E-state index in [-0.39, 0.29) is 16.4 Å². The summed E-state index contributed by atoms with van der Waals surface area (Å²) in [6, 6.07) is 22.8. The average Bonchev–Trinajstić information content (AvgIpc) is 3.81. The number of benzene rings is 3. The summed E-state index contributed by atoms with van der Waals surface area (Å²) in [4.78, 5) is 33.9. The lowest BCUT2D eigenvalue weighted by atomic mass is 9.96. The molecule has 0 spiro atoms.